The van der Waals surface area contributed by atoms with E-state index in [2.05, 4.69) is 5.32 Å². The largest absolute Gasteiger partial charge is 0.380 e. The van der Waals surface area contributed by atoms with Crippen LogP contribution in [0.3, 0.4) is 0 Å². The van der Waals surface area contributed by atoms with E-state index >= 15 is 0 Å². The molecule has 0 amide bonds. The molecule has 0 radical (unpaired) electrons. The molecule has 1 N–H and O–H groups in total. The number of ether oxygens (including phenoxy) is 1. The van der Waals surface area contributed by atoms with Crippen LogP contribution in [0.4, 0.5) is 8.78 Å². The molecule has 2 unspecified atom stereocenters. The maximum atomic E-state index is 13.4. The van der Waals surface area contributed by atoms with Gasteiger partial charge in [-0.25, -0.2) is 8.78 Å². The maximum Gasteiger partial charge on any atom is 0.126 e. The third-order valence-corrected chi connectivity index (χ3v) is 2.76. The molecule has 0 aromatic heterocycles. The predicted molar refractivity (Wildman–Crippen MR) is 59.4 cm³/mol. The van der Waals surface area contributed by atoms with Gasteiger partial charge in [-0.15, -0.1) is 0 Å². The Balaban J connectivity index is 2.81. The van der Waals surface area contributed by atoms with Gasteiger partial charge in [0.05, 0.1) is 6.10 Å². The summed E-state index contributed by atoms with van der Waals surface area (Å²) in [5, 5.41) is 3.03. The Morgan fingerprint density at radius 3 is 2.62 bits per heavy atom. The van der Waals surface area contributed by atoms with Crippen LogP contribution in [0.1, 0.15) is 12.5 Å². The first kappa shape index (κ1) is 13.1. The van der Waals surface area contributed by atoms with E-state index in [9.17, 15) is 8.78 Å². The molecule has 0 spiro atoms. The fourth-order valence-corrected chi connectivity index (χ4v) is 1.60. The van der Waals surface area contributed by atoms with Crippen LogP contribution >= 0.6 is 0 Å². The van der Waals surface area contributed by atoms with Crippen LogP contribution in [0.25, 0.3) is 0 Å². The Hall–Kier alpha value is -1.00. The molecule has 1 aromatic rings. The number of benzene rings is 1. The summed E-state index contributed by atoms with van der Waals surface area (Å²) in [5.41, 5.74) is 0.364. The molecule has 90 valence electrons. The minimum absolute atomic E-state index is 0.0405. The summed E-state index contributed by atoms with van der Waals surface area (Å²) in [4.78, 5) is 0. The molecule has 0 bridgehead atoms. The zero-order valence-corrected chi connectivity index (χ0v) is 9.76. The maximum absolute atomic E-state index is 13.4. The summed E-state index contributed by atoms with van der Waals surface area (Å²) in [6, 6.07) is 3.45. The van der Waals surface area contributed by atoms with Gasteiger partial charge in [0.1, 0.15) is 11.6 Å². The number of rotatable bonds is 5. The monoisotopic (exact) mass is 229 g/mol. The van der Waals surface area contributed by atoms with Gasteiger partial charge in [0.25, 0.3) is 0 Å². The topological polar surface area (TPSA) is 21.3 Å². The fraction of sp³-hybridized carbons (Fsp3) is 0.500. The second-order valence-electron chi connectivity index (χ2n) is 3.78. The van der Waals surface area contributed by atoms with E-state index in [0.29, 0.717) is 12.0 Å². The van der Waals surface area contributed by atoms with Gasteiger partial charge in [-0.1, -0.05) is 0 Å². The molecule has 0 heterocycles. The lowest BCUT2D eigenvalue weighted by Crippen LogP contribution is -2.39. The second-order valence-corrected chi connectivity index (χ2v) is 3.78. The average molecular weight is 229 g/mol. The molecule has 4 heteroatoms. The van der Waals surface area contributed by atoms with Crippen LogP contribution in [0.5, 0.6) is 0 Å². The van der Waals surface area contributed by atoms with Crippen LogP contribution in [-0.2, 0) is 11.2 Å². The number of likely N-dealkylation sites (N-methyl/N-ethyl adjacent to an activating group) is 1. The Morgan fingerprint density at radius 2 is 2.06 bits per heavy atom. The van der Waals surface area contributed by atoms with Gasteiger partial charge in [0.2, 0.25) is 0 Å². The lowest BCUT2D eigenvalue weighted by atomic mass is 10.0. The van der Waals surface area contributed by atoms with E-state index in [0.717, 1.165) is 12.1 Å². The van der Waals surface area contributed by atoms with Crippen molar-refractivity contribution >= 4 is 0 Å². The third kappa shape index (κ3) is 3.25. The van der Waals surface area contributed by atoms with E-state index in [4.69, 9.17) is 4.74 Å². The van der Waals surface area contributed by atoms with Crippen molar-refractivity contribution < 1.29 is 13.5 Å². The highest BCUT2D eigenvalue weighted by Crippen LogP contribution is 2.13. The smallest absolute Gasteiger partial charge is 0.126 e. The van der Waals surface area contributed by atoms with Crippen molar-refractivity contribution in [2.24, 2.45) is 0 Å². The number of hydrogen-bond acceptors (Lipinski definition) is 2. The zero-order valence-electron chi connectivity index (χ0n) is 9.76. The van der Waals surface area contributed by atoms with E-state index in [1.165, 1.54) is 6.07 Å². The number of methoxy groups -OCH3 is 1. The SMILES string of the molecule is CNC(Cc1cc(F)ccc1F)C(C)OC. The average Bonchev–Trinajstić information content (AvgIpc) is 2.29. The molecule has 0 fully saturated rings. The Kier molecular flexibility index (Phi) is 4.83. The quantitative estimate of drug-likeness (QED) is 0.835. The molecule has 0 aliphatic rings. The van der Waals surface area contributed by atoms with Gasteiger partial charge in [-0.3, -0.25) is 0 Å². The van der Waals surface area contributed by atoms with Crippen LogP contribution in [0.15, 0.2) is 18.2 Å². The molecule has 0 aliphatic carbocycles. The van der Waals surface area contributed by atoms with E-state index in [1.807, 2.05) is 6.92 Å². The molecule has 0 saturated heterocycles. The first-order chi connectivity index (χ1) is 7.58. The van der Waals surface area contributed by atoms with Gasteiger partial charge in [0.15, 0.2) is 0 Å². The summed E-state index contributed by atoms with van der Waals surface area (Å²) in [5.74, 6) is -0.804. The van der Waals surface area contributed by atoms with E-state index in [-0.39, 0.29) is 18.0 Å². The summed E-state index contributed by atoms with van der Waals surface area (Å²) in [6.45, 7) is 1.89. The van der Waals surface area contributed by atoms with Crippen molar-refractivity contribution in [3.63, 3.8) is 0 Å². The van der Waals surface area contributed by atoms with E-state index < -0.39 is 5.82 Å². The van der Waals surface area contributed by atoms with Crippen molar-refractivity contribution in [3.05, 3.63) is 35.4 Å². The molecular weight excluding hydrogens is 212 g/mol. The Bertz CT molecular complexity index is 344. The predicted octanol–water partition coefficient (Wildman–Crippen LogP) is 2.13. The molecule has 16 heavy (non-hydrogen) atoms. The van der Waals surface area contributed by atoms with Gasteiger partial charge < -0.3 is 10.1 Å². The van der Waals surface area contributed by atoms with Crippen molar-refractivity contribution in [2.45, 2.75) is 25.5 Å². The second kappa shape index (κ2) is 5.92. The number of halogens is 2. The lowest BCUT2D eigenvalue weighted by Gasteiger charge is -2.22. The number of nitrogens with one attached hydrogen (secondary N) is 1. The van der Waals surface area contributed by atoms with Crippen LogP contribution in [0.2, 0.25) is 0 Å². The Labute approximate surface area is 94.6 Å². The normalized spacial score (nSPS) is 14.8. The minimum atomic E-state index is -0.420. The highest BCUT2D eigenvalue weighted by atomic mass is 19.1. The minimum Gasteiger partial charge on any atom is -0.380 e. The van der Waals surface area contributed by atoms with Gasteiger partial charge in [0, 0.05) is 13.2 Å². The van der Waals surface area contributed by atoms with Crippen molar-refractivity contribution in [3.8, 4) is 0 Å². The summed E-state index contributed by atoms with van der Waals surface area (Å²) < 4.78 is 31.5. The molecule has 1 rings (SSSR count). The lowest BCUT2D eigenvalue weighted by molar-refractivity contribution is 0.0854. The molecule has 0 saturated carbocycles. The first-order valence-corrected chi connectivity index (χ1v) is 5.22. The molecule has 2 atom stereocenters. The number of hydrogen-bond donors (Lipinski definition) is 1. The highest BCUT2D eigenvalue weighted by Gasteiger charge is 2.17. The van der Waals surface area contributed by atoms with Gasteiger partial charge in [-0.2, -0.15) is 0 Å². The highest BCUT2D eigenvalue weighted by molar-refractivity contribution is 5.20. The fourth-order valence-electron chi connectivity index (χ4n) is 1.60. The van der Waals surface area contributed by atoms with E-state index in [1.54, 1.807) is 14.2 Å². The summed E-state index contributed by atoms with van der Waals surface area (Å²) >= 11 is 0. The molecular formula is C12H17F2NO. The van der Waals surface area contributed by atoms with Crippen LogP contribution < -0.4 is 5.32 Å². The molecule has 2 nitrogen and oxygen atoms in total. The summed E-state index contributed by atoms with van der Waals surface area (Å²) in [7, 11) is 3.37. The van der Waals surface area contributed by atoms with Crippen LogP contribution in [0, 0.1) is 11.6 Å². The zero-order chi connectivity index (χ0) is 12.1. The van der Waals surface area contributed by atoms with Crippen molar-refractivity contribution in [1.82, 2.24) is 5.32 Å². The van der Waals surface area contributed by atoms with Gasteiger partial charge >= 0.3 is 0 Å². The van der Waals surface area contributed by atoms with Gasteiger partial charge in [-0.05, 0) is 44.2 Å². The standard InChI is InChI=1S/C12H17F2NO/c1-8(16-3)12(15-2)7-9-6-10(13)4-5-11(9)14/h4-6,8,12,15H,7H2,1-3H3. The first-order valence-electron chi connectivity index (χ1n) is 5.22. The molecule has 1 aromatic carbocycles. The third-order valence-electron chi connectivity index (χ3n) is 2.76. The van der Waals surface area contributed by atoms with Crippen molar-refractivity contribution in [2.75, 3.05) is 14.2 Å². The Morgan fingerprint density at radius 1 is 1.38 bits per heavy atom. The van der Waals surface area contributed by atoms with Crippen LogP contribution in [-0.4, -0.2) is 26.3 Å². The molecule has 0 aliphatic heterocycles. The summed E-state index contributed by atoms with van der Waals surface area (Å²) in [6.07, 6.45) is 0.336. The van der Waals surface area contributed by atoms with Crippen molar-refractivity contribution in [1.29, 1.82) is 0 Å².